The van der Waals surface area contributed by atoms with E-state index in [2.05, 4.69) is 4.98 Å². The third-order valence-corrected chi connectivity index (χ3v) is 5.01. The third-order valence-electron chi connectivity index (χ3n) is 3.25. The molecule has 0 radical (unpaired) electrons. The maximum atomic E-state index is 5.87. The quantitative estimate of drug-likeness (QED) is 0.804. The molecule has 21 heavy (non-hydrogen) atoms. The van der Waals surface area contributed by atoms with Crippen LogP contribution in [0.3, 0.4) is 0 Å². The van der Waals surface area contributed by atoms with E-state index in [-0.39, 0.29) is 0 Å². The van der Waals surface area contributed by atoms with E-state index in [9.17, 15) is 0 Å². The fourth-order valence-corrected chi connectivity index (χ4v) is 4.03. The van der Waals surface area contributed by atoms with E-state index in [1.54, 1.807) is 23.1 Å². The van der Waals surface area contributed by atoms with Crippen molar-refractivity contribution in [3.05, 3.63) is 35.5 Å². The maximum absolute atomic E-state index is 5.87. The summed E-state index contributed by atoms with van der Waals surface area (Å²) in [7, 11) is 0. The van der Waals surface area contributed by atoms with Crippen molar-refractivity contribution in [1.82, 2.24) is 9.38 Å². The molecule has 3 aromatic rings. The van der Waals surface area contributed by atoms with Gasteiger partial charge in [-0.15, -0.1) is 11.3 Å². The summed E-state index contributed by atoms with van der Waals surface area (Å²) in [5, 5.41) is 2.96. The van der Waals surface area contributed by atoms with E-state index in [0.717, 1.165) is 32.1 Å². The van der Waals surface area contributed by atoms with Crippen molar-refractivity contribution in [2.75, 3.05) is 13.2 Å². The summed E-state index contributed by atoms with van der Waals surface area (Å²) in [6.45, 7) is 1.66. The molecule has 0 amide bonds. The molecule has 3 heterocycles. The number of aromatic nitrogens is 2. The Labute approximate surface area is 129 Å². The van der Waals surface area contributed by atoms with Crippen LogP contribution in [0.25, 0.3) is 4.96 Å². The highest BCUT2D eigenvalue weighted by atomic mass is 32.2. The summed E-state index contributed by atoms with van der Waals surface area (Å²) >= 11 is 3.21. The van der Waals surface area contributed by atoms with Crippen molar-refractivity contribution in [2.24, 2.45) is 5.73 Å². The first-order valence-corrected chi connectivity index (χ1v) is 8.27. The number of nitrogens with two attached hydrogens (primary N) is 1. The van der Waals surface area contributed by atoms with Crippen LogP contribution in [0.5, 0.6) is 11.5 Å². The fourth-order valence-electron chi connectivity index (χ4n) is 2.28. The van der Waals surface area contributed by atoms with Gasteiger partial charge in [0.1, 0.15) is 18.2 Å². The average Bonchev–Trinajstić information content (AvgIpc) is 3.07. The maximum Gasteiger partial charge on any atom is 0.194 e. The Morgan fingerprint density at radius 2 is 2.14 bits per heavy atom. The van der Waals surface area contributed by atoms with Gasteiger partial charge in [-0.25, -0.2) is 4.98 Å². The molecule has 5 nitrogen and oxygen atoms in total. The molecule has 0 unspecified atom stereocenters. The number of hydrogen-bond acceptors (Lipinski definition) is 6. The van der Waals surface area contributed by atoms with Gasteiger partial charge in [0.05, 0.1) is 5.69 Å². The Morgan fingerprint density at radius 1 is 1.29 bits per heavy atom. The van der Waals surface area contributed by atoms with Gasteiger partial charge in [-0.1, -0.05) is 11.8 Å². The van der Waals surface area contributed by atoms with Crippen LogP contribution in [0.1, 0.15) is 5.69 Å². The molecule has 0 saturated carbocycles. The number of thiazole rings is 1. The summed E-state index contributed by atoms with van der Waals surface area (Å²) in [5.41, 5.74) is 6.90. The van der Waals surface area contributed by atoms with Gasteiger partial charge < -0.3 is 15.2 Å². The summed E-state index contributed by atoms with van der Waals surface area (Å²) in [4.78, 5) is 6.68. The average molecular weight is 319 g/mol. The number of benzene rings is 1. The van der Waals surface area contributed by atoms with Crippen LogP contribution >= 0.6 is 23.1 Å². The molecular weight excluding hydrogens is 306 g/mol. The summed E-state index contributed by atoms with van der Waals surface area (Å²) in [6, 6.07) is 5.95. The van der Waals surface area contributed by atoms with Crippen LogP contribution in [0.2, 0.25) is 0 Å². The standard InChI is InChI=1S/C14H13N3O2S2/c15-8-10-13(16-14-17(10)3-6-20-14)21-9-1-2-11-12(7-9)19-5-4-18-11/h1-3,6-7H,4-5,8,15H2. The molecule has 108 valence electrons. The monoisotopic (exact) mass is 319 g/mol. The lowest BCUT2D eigenvalue weighted by molar-refractivity contribution is 0.171. The van der Waals surface area contributed by atoms with Crippen molar-refractivity contribution in [3.8, 4) is 11.5 Å². The van der Waals surface area contributed by atoms with Gasteiger partial charge in [0, 0.05) is 23.0 Å². The lowest BCUT2D eigenvalue weighted by Gasteiger charge is -2.18. The van der Waals surface area contributed by atoms with Crippen LogP contribution in [0.15, 0.2) is 39.7 Å². The second-order valence-corrected chi connectivity index (χ2v) is 6.47. The molecule has 0 fully saturated rings. The molecule has 0 bridgehead atoms. The molecule has 1 aromatic carbocycles. The molecule has 1 aliphatic heterocycles. The van der Waals surface area contributed by atoms with Crippen LogP contribution in [0, 0.1) is 0 Å². The smallest absolute Gasteiger partial charge is 0.194 e. The van der Waals surface area contributed by atoms with Crippen LogP contribution in [0.4, 0.5) is 0 Å². The Morgan fingerprint density at radius 3 is 3.00 bits per heavy atom. The van der Waals surface area contributed by atoms with Gasteiger partial charge in [-0.05, 0) is 18.2 Å². The molecule has 0 spiro atoms. The van der Waals surface area contributed by atoms with E-state index < -0.39 is 0 Å². The summed E-state index contributed by atoms with van der Waals surface area (Å²) < 4.78 is 13.2. The fraction of sp³-hybridized carbons (Fsp3) is 0.214. The first-order valence-electron chi connectivity index (χ1n) is 6.57. The van der Waals surface area contributed by atoms with Crippen LogP contribution in [-0.2, 0) is 6.54 Å². The number of ether oxygens (including phenoxy) is 2. The lowest BCUT2D eigenvalue weighted by atomic mass is 10.3. The van der Waals surface area contributed by atoms with Gasteiger partial charge >= 0.3 is 0 Å². The Hall–Kier alpha value is -1.70. The van der Waals surface area contributed by atoms with Crippen molar-refractivity contribution < 1.29 is 9.47 Å². The minimum atomic E-state index is 0.463. The van der Waals surface area contributed by atoms with E-state index in [1.807, 2.05) is 34.2 Å². The highest BCUT2D eigenvalue weighted by Gasteiger charge is 2.16. The van der Waals surface area contributed by atoms with E-state index >= 15 is 0 Å². The molecule has 0 atom stereocenters. The van der Waals surface area contributed by atoms with E-state index in [1.165, 1.54) is 0 Å². The zero-order valence-corrected chi connectivity index (χ0v) is 12.7. The van der Waals surface area contributed by atoms with Crippen molar-refractivity contribution in [2.45, 2.75) is 16.5 Å². The SMILES string of the molecule is NCc1c(Sc2ccc3c(c2)OCCO3)nc2sccn12. The molecule has 4 rings (SSSR count). The van der Waals surface area contributed by atoms with E-state index in [0.29, 0.717) is 19.8 Å². The zero-order chi connectivity index (χ0) is 14.2. The van der Waals surface area contributed by atoms with Crippen molar-refractivity contribution in [1.29, 1.82) is 0 Å². The van der Waals surface area contributed by atoms with Crippen molar-refractivity contribution in [3.63, 3.8) is 0 Å². The normalized spacial score (nSPS) is 13.8. The van der Waals surface area contributed by atoms with Crippen molar-refractivity contribution >= 4 is 28.1 Å². The Bertz CT molecular complexity index is 797. The Balaban J connectivity index is 1.69. The number of fused-ring (bicyclic) bond motifs is 2. The minimum Gasteiger partial charge on any atom is -0.486 e. The highest BCUT2D eigenvalue weighted by Crippen LogP contribution is 2.38. The summed E-state index contributed by atoms with van der Waals surface area (Å²) in [6.07, 6.45) is 2.00. The van der Waals surface area contributed by atoms with Gasteiger partial charge in [-0.3, -0.25) is 4.40 Å². The minimum absolute atomic E-state index is 0.463. The number of rotatable bonds is 3. The molecule has 2 N–H and O–H groups in total. The van der Waals surface area contributed by atoms with Crippen LogP contribution in [-0.4, -0.2) is 22.6 Å². The van der Waals surface area contributed by atoms with E-state index in [4.69, 9.17) is 15.2 Å². The molecule has 7 heteroatoms. The molecular formula is C14H13N3O2S2. The number of hydrogen-bond donors (Lipinski definition) is 1. The summed E-state index contributed by atoms with van der Waals surface area (Å²) in [5.74, 6) is 1.59. The molecule has 2 aromatic heterocycles. The predicted molar refractivity (Wildman–Crippen MR) is 82.5 cm³/mol. The predicted octanol–water partition coefficient (Wildman–Crippen LogP) is 2.78. The van der Waals surface area contributed by atoms with Gasteiger partial charge in [0.2, 0.25) is 0 Å². The lowest BCUT2D eigenvalue weighted by Crippen LogP contribution is -2.15. The number of nitrogens with zero attached hydrogens (tertiary/aromatic N) is 2. The topological polar surface area (TPSA) is 61.8 Å². The molecule has 1 aliphatic rings. The second kappa shape index (κ2) is 5.25. The molecule has 0 saturated heterocycles. The zero-order valence-electron chi connectivity index (χ0n) is 11.1. The first-order chi connectivity index (χ1) is 10.3. The third kappa shape index (κ3) is 2.27. The van der Waals surface area contributed by atoms with Crippen LogP contribution < -0.4 is 15.2 Å². The van der Waals surface area contributed by atoms with Gasteiger partial charge in [-0.2, -0.15) is 0 Å². The van der Waals surface area contributed by atoms with Gasteiger partial charge in [0.15, 0.2) is 16.5 Å². The largest absolute Gasteiger partial charge is 0.486 e. The second-order valence-electron chi connectivity index (χ2n) is 4.53. The molecule has 0 aliphatic carbocycles. The number of imidazole rings is 1. The first kappa shape index (κ1) is 13.0. The van der Waals surface area contributed by atoms with Gasteiger partial charge in [0.25, 0.3) is 0 Å². The highest BCUT2D eigenvalue weighted by molar-refractivity contribution is 7.99. The Kier molecular flexibility index (Phi) is 3.25.